The number of hydrogen-bond acceptors (Lipinski definition) is 7. The minimum absolute atomic E-state index is 0.0161. The molecule has 1 saturated carbocycles. The average Bonchev–Trinajstić information content (AvgIpc) is 3.06. The number of hydrogen-bond donors (Lipinski definition) is 5. The van der Waals surface area contributed by atoms with Crippen LogP contribution in [0.25, 0.3) is 0 Å². The number of rotatable bonds is 5. The fourth-order valence-electron chi connectivity index (χ4n) is 5.50. The lowest BCUT2D eigenvalue weighted by Gasteiger charge is -2.46. The molecule has 7 N–H and O–H groups in total. The van der Waals surface area contributed by atoms with Gasteiger partial charge >= 0.3 is 6.03 Å². The van der Waals surface area contributed by atoms with E-state index in [0.29, 0.717) is 6.54 Å². The molecule has 3 heterocycles. The van der Waals surface area contributed by atoms with Gasteiger partial charge in [0.25, 0.3) is 0 Å². The molecular weight excluding hydrogens is 384 g/mol. The molecule has 10 nitrogen and oxygen atoms in total. The average molecular weight is 423 g/mol. The maximum atomic E-state index is 12.4. The van der Waals surface area contributed by atoms with Crippen LogP contribution in [0, 0.1) is 5.92 Å². The highest BCUT2D eigenvalue weighted by molar-refractivity contribution is 5.78. The molecular formula is C20H38N8O2. The first-order valence-electron chi connectivity index (χ1n) is 11.5. The monoisotopic (exact) mass is 422 g/mol. The molecule has 3 aliphatic heterocycles. The summed E-state index contributed by atoms with van der Waals surface area (Å²) in [6, 6.07) is 0.845. The van der Waals surface area contributed by atoms with E-state index in [-0.39, 0.29) is 48.4 Å². The van der Waals surface area contributed by atoms with Crippen LogP contribution in [0.3, 0.4) is 0 Å². The second-order valence-corrected chi connectivity index (χ2v) is 9.44. The van der Waals surface area contributed by atoms with Crippen LogP contribution in [-0.4, -0.2) is 97.0 Å². The molecule has 170 valence electrons. The van der Waals surface area contributed by atoms with Crippen molar-refractivity contribution in [3.8, 4) is 0 Å². The summed E-state index contributed by atoms with van der Waals surface area (Å²) in [5, 5.41) is 10.7. The number of likely N-dealkylation sites (tertiary alicyclic amines) is 1. The highest BCUT2D eigenvalue weighted by Crippen LogP contribution is 2.27. The molecule has 6 atom stereocenters. The van der Waals surface area contributed by atoms with Crippen LogP contribution in [0.1, 0.15) is 38.5 Å². The number of primary amides is 1. The van der Waals surface area contributed by atoms with E-state index >= 15 is 0 Å². The van der Waals surface area contributed by atoms with E-state index < -0.39 is 0 Å². The number of carbonyl (C=O) groups is 2. The number of nitrogens with two attached hydrogens (primary N) is 2. The second-order valence-electron chi connectivity index (χ2n) is 9.44. The second kappa shape index (κ2) is 9.35. The predicted molar refractivity (Wildman–Crippen MR) is 114 cm³/mol. The number of nitrogens with zero attached hydrogens (tertiary/aromatic N) is 3. The van der Waals surface area contributed by atoms with E-state index in [9.17, 15) is 9.59 Å². The fraction of sp³-hybridized carbons (Fsp3) is 0.900. The summed E-state index contributed by atoms with van der Waals surface area (Å²) in [5.74, 6) is -0.621. The molecule has 0 radical (unpaired) electrons. The van der Waals surface area contributed by atoms with Crippen LogP contribution < -0.4 is 27.4 Å². The van der Waals surface area contributed by atoms with E-state index in [4.69, 9.17) is 11.5 Å². The van der Waals surface area contributed by atoms with Gasteiger partial charge in [0, 0.05) is 57.9 Å². The van der Waals surface area contributed by atoms with Crippen molar-refractivity contribution in [3.63, 3.8) is 0 Å². The molecule has 4 fully saturated rings. The zero-order chi connectivity index (χ0) is 21.3. The van der Waals surface area contributed by atoms with E-state index in [0.717, 1.165) is 64.7 Å². The van der Waals surface area contributed by atoms with E-state index in [1.165, 1.54) is 0 Å². The van der Waals surface area contributed by atoms with Crippen LogP contribution in [0.15, 0.2) is 0 Å². The molecule has 30 heavy (non-hydrogen) atoms. The summed E-state index contributed by atoms with van der Waals surface area (Å²) >= 11 is 0. The van der Waals surface area contributed by atoms with Gasteiger partial charge in [-0.2, -0.15) is 0 Å². The predicted octanol–water partition coefficient (Wildman–Crippen LogP) is -1.42. The van der Waals surface area contributed by atoms with Gasteiger partial charge in [0.2, 0.25) is 5.91 Å². The smallest absolute Gasteiger partial charge is 0.320 e. The minimum Gasteiger partial charge on any atom is -0.369 e. The van der Waals surface area contributed by atoms with Gasteiger partial charge in [0.1, 0.15) is 6.29 Å². The Labute approximate surface area is 179 Å². The highest BCUT2D eigenvalue weighted by Gasteiger charge is 2.39. The van der Waals surface area contributed by atoms with Crippen molar-refractivity contribution in [2.75, 3.05) is 39.8 Å². The van der Waals surface area contributed by atoms with Crippen molar-refractivity contribution in [2.24, 2.45) is 17.4 Å². The van der Waals surface area contributed by atoms with Gasteiger partial charge in [-0.3, -0.25) is 25.6 Å². The van der Waals surface area contributed by atoms with E-state index in [1.807, 2.05) is 11.9 Å². The topological polar surface area (TPSA) is 132 Å². The maximum Gasteiger partial charge on any atom is 0.320 e. The van der Waals surface area contributed by atoms with Gasteiger partial charge in [-0.15, -0.1) is 0 Å². The Morgan fingerprint density at radius 1 is 1.17 bits per heavy atom. The number of piperidine rings is 1. The van der Waals surface area contributed by atoms with Gasteiger partial charge in [0.05, 0.1) is 12.1 Å². The molecule has 1 aliphatic carbocycles. The van der Waals surface area contributed by atoms with Crippen LogP contribution >= 0.6 is 0 Å². The third kappa shape index (κ3) is 4.72. The normalized spacial score (nSPS) is 38.8. The summed E-state index contributed by atoms with van der Waals surface area (Å²) in [6.45, 7) is 3.98. The summed E-state index contributed by atoms with van der Waals surface area (Å²) in [5.41, 5.74) is 11.9. The lowest BCUT2D eigenvalue weighted by molar-refractivity contribution is -0.124. The van der Waals surface area contributed by atoms with Gasteiger partial charge in [0.15, 0.2) is 0 Å². The molecule has 4 aliphatic rings. The Hall–Kier alpha value is -1.46. The molecule has 0 aromatic rings. The summed E-state index contributed by atoms with van der Waals surface area (Å²) in [6.07, 6.45) is 6.02. The Morgan fingerprint density at radius 3 is 2.70 bits per heavy atom. The van der Waals surface area contributed by atoms with E-state index in [2.05, 4.69) is 20.9 Å². The molecule has 0 aromatic heterocycles. The van der Waals surface area contributed by atoms with Crippen LogP contribution in [0.4, 0.5) is 4.79 Å². The molecule has 3 amide bonds. The highest BCUT2D eigenvalue weighted by atomic mass is 16.2. The Morgan fingerprint density at radius 2 is 2.00 bits per heavy atom. The molecule has 4 rings (SSSR count). The summed E-state index contributed by atoms with van der Waals surface area (Å²) in [7, 11) is 1.87. The first-order chi connectivity index (χ1) is 14.4. The number of nitrogens with one attached hydrogen (secondary N) is 3. The maximum absolute atomic E-state index is 12.4. The summed E-state index contributed by atoms with van der Waals surface area (Å²) < 4.78 is 0. The van der Waals surface area contributed by atoms with Crippen molar-refractivity contribution in [2.45, 2.75) is 69.1 Å². The van der Waals surface area contributed by atoms with Crippen LogP contribution in [0.5, 0.6) is 0 Å². The number of carbonyl (C=O) groups excluding carboxylic acids is 2. The summed E-state index contributed by atoms with van der Waals surface area (Å²) in [4.78, 5) is 30.7. The van der Waals surface area contributed by atoms with Crippen molar-refractivity contribution in [3.05, 3.63) is 0 Å². The first-order valence-corrected chi connectivity index (χ1v) is 11.5. The lowest BCUT2D eigenvalue weighted by atomic mass is 9.89. The minimum atomic E-state index is -0.320. The van der Waals surface area contributed by atoms with Crippen molar-refractivity contribution in [1.82, 2.24) is 30.7 Å². The SMILES string of the molecule is CN1CCN(C2CCCC(NC3NC(N4CCC[C@H](N)C4)NCC3C(N)=O)C2)C1=O. The molecule has 10 heteroatoms. The van der Waals surface area contributed by atoms with Gasteiger partial charge in [-0.1, -0.05) is 0 Å². The van der Waals surface area contributed by atoms with Crippen molar-refractivity contribution in [1.29, 1.82) is 0 Å². The number of amides is 3. The molecule has 0 aromatic carbocycles. The van der Waals surface area contributed by atoms with Gasteiger partial charge < -0.3 is 21.3 Å². The molecule has 5 unspecified atom stereocenters. The number of urea groups is 1. The largest absolute Gasteiger partial charge is 0.369 e. The Kier molecular flexibility index (Phi) is 6.78. The zero-order valence-electron chi connectivity index (χ0n) is 18.1. The third-order valence-electron chi connectivity index (χ3n) is 7.24. The lowest BCUT2D eigenvalue weighted by Crippen LogP contribution is -2.72. The number of likely N-dealkylation sites (N-methyl/N-ethyl adjacent to an activating group) is 1. The van der Waals surface area contributed by atoms with Crippen molar-refractivity contribution < 1.29 is 9.59 Å². The van der Waals surface area contributed by atoms with Gasteiger partial charge in [-0.25, -0.2) is 4.79 Å². The molecule has 0 spiro atoms. The zero-order valence-corrected chi connectivity index (χ0v) is 18.1. The molecule has 0 bridgehead atoms. The fourth-order valence-corrected chi connectivity index (χ4v) is 5.50. The van der Waals surface area contributed by atoms with Crippen molar-refractivity contribution >= 4 is 11.9 Å². The van der Waals surface area contributed by atoms with Gasteiger partial charge in [-0.05, 0) is 38.5 Å². The molecule has 3 saturated heterocycles. The van der Waals surface area contributed by atoms with Crippen LogP contribution in [0.2, 0.25) is 0 Å². The Balaban J connectivity index is 1.38. The quantitative estimate of drug-likeness (QED) is 0.367. The Bertz CT molecular complexity index is 634. The van der Waals surface area contributed by atoms with Crippen LogP contribution in [-0.2, 0) is 4.79 Å². The first kappa shape index (κ1) is 21.8. The standard InChI is InChI=1S/C20H38N8O2/c1-26-8-9-28(20(26)30)15-6-2-5-14(10-15)24-18-16(17(22)29)11-23-19(25-18)27-7-3-4-13(21)12-27/h13-16,18-19,23-25H,2-12,21H2,1H3,(H2,22,29)/t13-,14?,15?,16?,18?,19?/m0/s1. The van der Waals surface area contributed by atoms with E-state index in [1.54, 1.807) is 4.90 Å². The third-order valence-corrected chi connectivity index (χ3v) is 7.24.